The highest BCUT2D eigenvalue weighted by molar-refractivity contribution is 5.35. The summed E-state index contributed by atoms with van der Waals surface area (Å²) in [6, 6.07) is 2.00. The van der Waals surface area contributed by atoms with Crippen molar-refractivity contribution in [3.8, 4) is 0 Å². The van der Waals surface area contributed by atoms with Crippen molar-refractivity contribution in [3.05, 3.63) is 17.6 Å². The smallest absolute Gasteiger partial charge is 0.159 e. The topological polar surface area (TPSA) is 47.0 Å². The van der Waals surface area contributed by atoms with Crippen LogP contribution in [-0.2, 0) is 11.2 Å². The quantitative estimate of drug-likeness (QED) is 0.805. The molecule has 0 aliphatic heterocycles. The van der Waals surface area contributed by atoms with E-state index in [0.29, 0.717) is 0 Å². The first-order chi connectivity index (χ1) is 7.74. The van der Waals surface area contributed by atoms with Crippen LogP contribution in [0.3, 0.4) is 0 Å². The van der Waals surface area contributed by atoms with Crippen LogP contribution in [0.4, 0.5) is 5.82 Å². The van der Waals surface area contributed by atoms with Crippen molar-refractivity contribution in [2.24, 2.45) is 0 Å². The van der Waals surface area contributed by atoms with Crippen LogP contribution in [-0.4, -0.2) is 24.1 Å². The summed E-state index contributed by atoms with van der Waals surface area (Å²) in [6.07, 6.45) is 2.94. The van der Waals surface area contributed by atoms with E-state index in [1.807, 2.05) is 13.1 Å². The molecule has 0 aliphatic rings. The van der Waals surface area contributed by atoms with Gasteiger partial charge in [0.15, 0.2) is 5.82 Å². The van der Waals surface area contributed by atoms with Crippen molar-refractivity contribution in [2.75, 3.05) is 19.5 Å². The van der Waals surface area contributed by atoms with Gasteiger partial charge >= 0.3 is 0 Å². The first-order valence-electron chi connectivity index (χ1n) is 5.83. The maximum atomic E-state index is 5.37. The highest BCUT2D eigenvalue weighted by Crippen LogP contribution is 2.19. The molecule has 4 heteroatoms. The number of ether oxygens (including phenoxy) is 1. The van der Waals surface area contributed by atoms with Gasteiger partial charge in [-0.25, -0.2) is 9.97 Å². The molecular weight excluding hydrogens is 202 g/mol. The van der Waals surface area contributed by atoms with Crippen LogP contribution in [0.15, 0.2) is 6.07 Å². The Morgan fingerprint density at radius 3 is 2.62 bits per heavy atom. The van der Waals surface area contributed by atoms with Crippen LogP contribution in [0.5, 0.6) is 0 Å². The molecular formula is C12H21N3O. The predicted octanol–water partition coefficient (Wildman–Crippen LogP) is 2.57. The van der Waals surface area contributed by atoms with Crippen LogP contribution in [0.25, 0.3) is 0 Å². The third kappa shape index (κ3) is 3.17. The summed E-state index contributed by atoms with van der Waals surface area (Å²) in [4.78, 5) is 8.97. The van der Waals surface area contributed by atoms with E-state index in [1.54, 1.807) is 7.11 Å². The molecule has 1 aromatic rings. The van der Waals surface area contributed by atoms with Gasteiger partial charge < -0.3 is 10.1 Å². The number of nitrogens with one attached hydrogen (secondary N) is 1. The van der Waals surface area contributed by atoms with Gasteiger partial charge in [0.1, 0.15) is 11.9 Å². The zero-order valence-electron chi connectivity index (χ0n) is 10.6. The molecule has 1 N–H and O–H groups in total. The number of aryl methyl sites for hydroxylation is 1. The van der Waals surface area contributed by atoms with Crippen LogP contribution in [0, 0.1) is 0 Å². The molecule has 0 spiro atoms. The second-order valence-corrected chi connectivity index (χ2v) is 3.74. The number of hydrogen-bond acceptors (Lipinski definition) is 4. The first kappa shape index (κ1) is 12.9. The summed E-state index contributed by atoms with van der Waals surface area (Å²) in [5.41, 5.74) is 1.08. The van der Waals surface area contributed by atoms with Gasteiger partial charge in [-0.05, 0) is 12.8 Å². The SMILES string of the molecule is CCCc1cc(NC)nc(C(CC)OC)n1. The number of rotatable bonds is 6. The van der Waals surface area contributed by atoms with E-state index < -0.39 is 0 Å². The fourth-order valence-electron chi connectivity index (χ4n) is 1.63. The fraction of sp³-hybridized carbons (Fsp3) is 0.667. The number of nitrogens with zero attached hydrogens (tertiary/aromatic N) is 2. The van der Waals surface area contributed by atoms with Gasteiger partial charge in [-0.3, -0.25) is 0 Å². The lowest BCUT2D eigenvalue weighted by atomic mass is 10.2. The summed E-state index contributed by atoms with van der Waals surface area (Å²) in [5, 5.41) is 3.06. The van der Waals surface area contributed by atoms with Crippen molar-refractivity contribution < 1.29 is 4.74 Å². The Kier molecular flexibility index (Phi) is 5.19. The molecule has 1 atom stereocenters. The molecule has 1 aromatic heterocycles. The Labute approximate surface area is 97.5 Å². The van der Waals surface area contributed by atoms with E-state index in [9.17, 15) is 0 Å². The molecule has 0 radical (unpaired) electrons. The second kappa shape index (κ2) is 6.43. The van der Waals surface area contributed by atoms with Crippen molar-refractivity contribution in [1.29, 1.82) is 0 Å². The third-order valence-corrected chi connectivity index (χ3v) is 2.50. The molecule has 0 saturated heterocycles. The van der Waals surface area contributed by atoms with Crippen molar-refractivity contribution in [1.82, 2.24) is 9.97 Å². The van der Waals surface area contributed by atoms with E-state index in [-0.39, 0.29) is 6.10 Å². The van der Waals surface area contributed by atoms with Crippen molar-refractivity contribution in [2.45, 2.75) is 39.2 Å². The number of anilines is 1. The van der Waals surface area contributed by atoms with E-state index in [2.05, 4.69) is 29.1 Å². The molecule has 0 amide bonds. The minimum atomic E-state index is -0.0103. The molecule has 0 fully saturated rings. The van der Waals surface area contributed by atoms with Gasteiger partial charge in [-0.2, -0.15) is 0 Å². The van der Waals surface area contributed by atoms with Crippen LogP contribution >= 0.6 is 0 Å². The van der Waals surface area contributed by atoms with Gasteiger partial charge in [-0.1, -0.05) is 20.3 Å². The molecule has 1 heterocycles. The molecule has 1 unspecified atom stereocenters. The third-order valence-electron chi connectivity index (χ3n) is 2.50. The summed E-state index contributed by atoms with van der Waals surface area (Å²) in [7, 11) is 3.57. The lowest BCUT2D eigenvalue weighted by Crippen LogP contribution is -2.09. The molecule has 0 bridgehead atoms. The van der Waals surface area contributed by atoms with E-state index in [1.165, 1.54) is 0 Å². The average molecular weight is 223 g/mol. The summed E-state index contributed by atoms with van der Waals surface area (Å²) < 4.78 is 5.37. The second-order valence-electron chi connectivity index (χ2n) is 3.74. The minimum absolute atomic E-state index is 0.0103. The van der Waals surface area contributed by atoms with Crippen molar-refractivity contribution >= 4 is 5.82 Å². The fourth-order valence-corrected chi connectivity index (χ4v) is 1.63. The minimum Gasteiger partial charge on any atom is -0.373 e. The van der Waals surface area contributed by atoms with Gasteiger partial charge in [0.2, 0.25) is 0 Å². The average Bonchev–Trinajstić information content (AvgIpc) is 2.31. The molecule has 16 heavy (non-hydrogen) atoms. The lowest BCUT2D eigenvalue weighted by Gasteiger charge is -2.14. The van der Waals surface area contributed by atoms with E-state index >= 15 is 0 Å². The van der Waals surface area contributed by atoms with Crippen LogP contribution in [0.1, 0.15) is 44.3 Å². The van der Waals surface area contributed by atoms with Crippen LogP contribution < -0.4 is 5.32 Å². The van der Waals surface area contributed by atoms with Gasteiger partial charge in [0.05, 0.1) is 0 Å². The monoisotopic (exact) mass is 223 g/mol. The Hall–Kier alpha value is -1.16. The number of aromatic nitrogens is 2. The van der Waals surface area contributed by atoms with E-state index in [0.717, 1.165) is 36.6 Å². The summed E-state index contributed by atoms with van der Waals surface area (Å²) >= 11 is 0. The van der Waals surface area contributed by atoms with Crippen LogP contribution in [0.2, 0.25) is 0 Å². The molecule has 90 valence electrons. The maximum Gasteiger partial charge on any atom is 0.159 e. The Morgan fingerprint density at radius 2 is 2.12 bits per heavy atom. The normalized spacial score (nSPS) is 12.5. The molecule has 1 rings (SSSR count). The zero-order valence-corrected chi connectivity index (χ0v) is 10.6. The van der Waals surface area contributed by atoms with Crippen molar-refractivity contribution in [3.63, 3.8) is 0 Å². The molecule has 4 nitrogen and oxygen atoms in total. The highest BCUT2D eigenvalue weighted by Gasteiger charge is 2.13. The summed E-state index contributed by atoms with van der Waals surface area (Å²) in [6.45, 7) is 4.22. The highest BCUT2D eigenvalue weighted by atomic mass is 16.5. The Bertz CT molecular complexity index is 324. The zero-order chi connectivity index (χ0) is 12.0. The lowest BCUT2D eigenvalue weighted by molar-refractivity contribution is 0.0925. The predicted molar refractivity (Wildman–Crippen MR) is 65.6 cm³/mol. The summed E-state index contributed by atoms with van der Waals surface area (Å²) in [5.74, 6) is 1.64. The largest absolute Gasteiger partial charge is 0.373 e. The Morgan fingerprint density at radius 1 is 1.38 bits per heavy atom. The molecule has 0 aliphatic carbocycles. The maximum absolute atomic E-state index is 5.37. The van der Waals surface area contributed by atoms with Gasteiger partial charge in [-0.15, -0.1) is 0 Å². The van der Waals surface area contributed by atoms with E-state index in [4.69, 9.17) is 4.74 Å². The first-order valence-corrected chi connectivity index (χ1v) is 5.83. The number of methoxy groups -OCH3 is 1. The standard InChI is InChI=1S/C12H21N3O/c1-5-7-9-8-11(13-3)15-12(14-9)10(6-2)16-4/h8,10H,5-7H2,1-4H3,(H,13,14,15). The van der Waals surface area contributed by atoms with Gasteiger partial charge in [0.25, 0.3) is 0 Å². The molecule has 0 saturated carbocycles. The Balaban J connectivity index is 3.02. The number of hydrogen-bond donors (Lipinski definition) is 1. The van der Waals surface area contributed by atoms with Gasteiger partial charge in [0, 0.05) is 25.9 Å². The molecule has 0 aromatic carbocycles.